The van der Waals surface area contributed by atoms with Crippen LogP contribution in [0.15, 0.2) is 72.4 Å². The molecule has 0 amide bonds. The van der Waals surface area contributed by atoms with Gasteiger partial charge in [0.2, 0.25) is 0 Å². The van der Waals surface area contributed by atoms with Crippen molar-refractivity contribution in [2.75, 3.05) is 0 Å². The molecule has 0 radical (unpaired) electrons. The third kappa shape index (κ3) is 2.45. The molecule has 0 unspecified atom stereocenters. The Morgan fingerprint density at radius 1 is 0.765 bits per heavy atom. The maximum absolute atomic E-state index is 3.00. The second kappa shape index (κ2) is 5.46. The number of hydrogen-bond donors (Lipinski definition) is 0. The van der Waals surface area contributed by atoms with Gasteiger partial charge in [-0.2, -0.15) is 11.3 Å². The van der Waals surface area contributed by atoms with Crippen LogP contribution < -0.4 is 0 Å². The van der Waals surface area contributed by atoms with Crippen LogP contribution in [0.1, 0.15) is 0 Å². The van der Waals surface area contributed by atoms with Gasteiger partial charge in [-0.05, 0) is 44.8 Å². The van der Waals surface area contributed by atoms with Crippen LogP contribution in [0, 0.1) is 0 Å². The normalized spacial score (nSPS) is 9.65. The first-order chi connectivity index (χ1) is 8.43. The van der Waals surface area contributed by atoms with Crippen molar-refractivity contribution < 1.29 is 0 Å². The summed E-state index contributed by atoms with van der Waals surface area (Å²) in [6, 6.07) is 17.2. The van der Waals surface area contributed by atoms with Crippen molar-refractivity contribution in [1.82, 2.24) is 0 Å². The van der Waals surface area contributed by atoms with E-state index in [0.29, 0.717) is 0 Å². The Labute approximate surface area is 106 Å². The SMILES string of the molecule is C=C.c1ccc2cc(-c3ccsc3)ccc2c1. The third-order valence-electron chi connectivity index (χ3n) is 2.60. The summed E-state index contributed by atoms with van der Waals surface area (Å²) in [5, 5.41) is 6.91. The van der Waals surface area contributed by atoms with Crippen molar-refractivity contribution in [2.24, 2.45) is 0 Å². The first kappa shape index (κ1) is 11.6. The molecule has 0 aliphatic rings. The molecule has 2 aromatic carbocycles. The Hall–Kier alpha value is -1.86. The first-order valence-electron chi connectivity index (χ1n) is 5.45. The molecule has 0 saturated heterocycles. The van der Waals surface area contributed by atoms with Crippen LogP contribution in [0.25, 0.3) is 21.9 Å². The van der Waals surface area contributed by atoms with E-state index in [1.165, 1.54) is 21.9 Å². The van der Waals surface area contributed by atoms with Crippen LogP contribution in [0.3, 0.4) is 0 Å². The van der Waals surface area contributed by atoms with Crippen LogP contribution in [-0.2, 0) is 0 Å². The predicted octanol–water partition coefficient (Wildman–Crippen LogP) is 5.37. The lowest BCUT2D eigenvalue weighted by molar-refractivity contribution is 1.71. The number of thiophene rings is 1. The Morgan fingerprint density at radius 2 is 1.53 bits per heavy atom. The van der Waals surface area contributed by atoms with Crippen molar-refractivity contribution in [1.29, 1.82) is 0 Å². The van der Waals surface area contributed by atoms with E-state index < -0.39 is 0 Å². The summed E-state index contributed by atoms with van der Waals surface area (Å²) in [5.41, 5.74) is 2.61. The fourth-order valence-electron chi connectivity index (χ4n) is 1.80. The molecule has 17 heavy (non-hydrogen) atoms. The molecule has 0 atom stereocenters. The van der Waals surface area contributed by atoms with E-state index >= 15 is 0 Å². The molecule has 0 aliphatic heterocycles. The van der Waals surface area contributed by atoms with Gasteiger partial charge in [0, 0.05) is 0 Å². The number of benzene rings is 2. The summed E-state index contributed by atoms with van der Waals surface area (Å²) < 4.78 is 0. The highest BCUT2D eigenvalue weighted by molar-refractivity contribution is 7.08. The van der Waals surface area contributed by atoms with Crippen LogP contribution in [0.2, 0.25) is 0 Å². The van der Waals surface area contributed by atoms with Gasteiger partial charge in [0.15, 0.2) is 0 Å². The van der Waals surface area contributed by atoms with Gasteiger partial charge < -0.3 is 0 Å². The molecule has 0 bridgehead atoms. The molecule has 1 aromatic heterocycles. The fraction of sp³-hybridized carbons (Fsp3) is 0. The van der Waals surface area contributed by atoms with Gasteiger partial charge in [0.25, 0.3) is 0 Å². The molecule has 1 heteroatoms. The van der Waals surface area contributed by atoms with Gasteiger partial charge in [0.05, 0.1) is 0 Å². The van der Waals surface area contributed by atoms with Crippen molar-refractivity contribution in [3.63, 3.8) is 0 Å². The summed E-state index contributed by atoms with van der Waals surface area (Å²) in [5.74, 6) is 0. The van der Waals surface area contributed by atoms with E-state index in [4.69, 9.17) is 0 Å². The molecule has 0 fully saturated rings. The quantitative estimate of drug-likeness (QED) is 0.500. The zero-order valence-electron chi connectivity index (χ0n) is 9.60. The van der Waals surface area contributed by atoms with E-state index in [0.717, 1.165) is 0 Å². The minimum absolute atomic E-state index is 1.30. The molecular formula is C16H14S. The monoisotopic (exact) mass is 238 g/mol. The zero-order valence-corrected chi connectivity index (χ0v) is 10.4. The second-order valence-electron chi connectivity index (χ2n) is 3.57. The average Bonchev–Trinajstić information content (AvgIpc) is 2.94. The van der Waals surface area contributed by atoms with Gasteiger partial charge in [-0.1, -0.05) is 36.4 Å². The number of fused-ring (bicyclic) bond motifs is 1. The van der Waals surface area contributed by atoms with Gasteiger partial charge in [-0.3, -0.25) is 0 Å². The van der Waals surface area contributed by atoms with Gasteiger partial charge in [-0.25, -0.2) is 0 Å². The summed E-state index contributed by atoms with van der Waals surface area (Å²) in [7, 11) is 0. The molecule has 3 rings (SSSR count). The topological polar surface area (TPSA) is 0 Å². The highest BCUT2D eigenvalue weighted by Gasteiger charge is 1.98. The standard InChI is InChI=1S/C14H10S.C2H4/c1-2-4-12-9-13(6-5-11(12)3-1)14-7-8-15-10-14;1-2/h1-10H;1-2H2. The van der Waals surface area contributed by atoms with Gasteiger partial charge in [-0.15, -0.1) is 13.2 Å². The van der Waals surface area contributed by atoms with Crippen molar-refractivity contribution in [3.05, 3.63) is 72.4 Å². The predicted molar refractivity (Wildman–Crippen MR) is 78.5 cm³/mol. The Morgan fingerprint density at radius 3 is 2.24 bits per heavy atom. The largest absolute Gasteiger partial charge is 0.152 e. The van der Waals surface area contributed by atoms with Crippen LogP contribution in [-0.4, -0.2) is 0 Å². The molecule has 0 spiro atoms. The summed E-state index contributed by atoms with van der Waals surface area (Å²) in [4.78, 5) is 0. The molecule has 3 aromatic rings. The van der Waals surface area contributed by atoms with Crippen LogP contribution >= 0.6 is 11.3 Å². The summed E-state index contributed by atoms with van der Waals surface area (Å²) in [6.45, 7) is 6.00. The smallest absolute Gasteiger partial charge is 0.00147 e. The molecule has 0 saturated carbocycles. The molecule has 1 heterocycles. The highest BCUT2D eigenvalue weighted by Crippen LogP contribution is 2.25. The zero-order chi connectivity index (χ0) is 12.1. The fourth-order valence-corrected chi connectivity index (χ4v) is 2.46. The lowest BCUT2D eigenvalue weighted by Crippen LogP contribution is -1.75. The van der Waals surface area contributed by atoms with Crippen molar-refractivity contribution in [3.8, 4) is 11.1 Å². The minimum atomic E-state index is 1.30. The van der Waals surface area contributed by atoms with Crippen LogP contribution in [0.4, 0.5) is 0 Å². The van der Waals surface area contributed by atoms with E-state index in [-0.39, 0.29) is 0 Å². The van der Waals surface area contributed by atoms with Crippen LogP contribution in [0.5, 0.6) is 0 Å². The molecular weight excluding hydrogens is 224 g/mol. The molecule has 0 aliphatic carbocycles. The second-order valence-corrected chi connectivity index (χ2v) is 4.35. The molecule has 84 valence electrons. The molecule has 0 N–H and O–H groups in total. The lowest BCUT2D eigenvalue weighted by Gasteiger charge is -2.01. The van der Waals surface area contributed by atoms with E-state index in [1.807, 2.05) is 0 Å². The first-order valence-corrected chi connectivity index (χ1v) is 6.39. The Balaban J connectivity index is 0.000000514. The van der Waals surface area contributed by atoms with Gasteiger partial charge in [0.1, 0.15) is 0 Å². The Bertz CT molecular complexity index is 594. The number of hydrogen-bond acceptors (Lipinski definition) is 1. The van der Waals surface area contributed by atoms with E-state index in [9.17, 15) is 0 Å². The highest BCUT2D eigenvalue weighted by atomic mass is 32.1. The van der Waals surface area contributed by atoms with E-state index in [1.54, 1.807) is 11.3 Å². The van der Waals surface area contributed by atoms with Gasteiger partial charge >= 0.3 is 0 Å². The third-order valence-corrected chi connectivity index (χ3v) is 3.29. The lowest BCUT2D eigenvalue weighted by atomic mass is 10.0. The number of rotatable bonds is 1. The average molecular weight is 238 g/mol. The summed E-state index contributed by atoms with van der Waals surface area (Å²) in [6.07, 6.45) is 0. The maximum Gasteiger partial charge on any atom is -0.00147 e. The van der Waals surface area contributed by atoms with Crippen molar-refractivity contribution in [2.45, 2.75) is 0 Å². The minimum Gasteiger partial charge on any atom is -0.152 e. The maximum atomic E-state index is 3.00. The summed E-state index contributed by atoms with van der Waals surface area (Å²) >= 11 is 1.74. The van der Waals surface area contributed by atoms with E-state index in [2.05, 4.69) is 72.4 Å². The Kier molecular flexibility index (Phi) is 3.73. The van der Waals surface area contributed by atoms with Crippen molar-refractivity contribution >= 4 is 22.1 Å². The molecule has 0 nitrogen and oxygen atoms in total.